The van der Waals surface area contributed by atoms with Gasteiger partial charge in [-0.05, 0) is 36.4 Å². The van der Waals surface area contributed by atoms with Crippen LogP contribution in [0.1, 0.15) is 10.5 Å². The van der Waals surface area contributed by atoms with Gasteiger partial charge in [-0.3, -0.25) is 4.79 Å². The highest BCUT2D eigenvalue weighted by Crippen LogP contribution is 2.16. The Balaban J connectivity index is 1.70. The number of amides is 1. The molecule has 0 saturated carbocycles. The van der Waals surface area contributed by atoms with E-state index < -0.39 is 0 Å². The van der Waals surface area contributed by atoms with Crippen LogP contribution in [0.5, 0.6) is 0 Å². The monoisotopic (exact) mass is 309 g/mol. The highest BCUT2D eigenvalue weighted by atomic mass is 16.1. The molecule has 1 amide bonds. The molecule has 3 rings (SSSR count). The first-order valence-electron chi connectivity index (χ1n) is 6.91. The fraction of sp³-hybridized carbons (Fsp3) is 0.133. The van der Waals surface area contributed by atoms with Crippen molar-refractivity contribution >= 4 is 17.3 Å². The number of hydrogen-bond donors (Lipinski definition) is 1. The molecule has 3 aromatic rings. The second kappa shape index (κ2) is 6.22. The number of hydrogen-bond acceptors (Lipinski definition) is 6. The summed E-state index contributed by atoms with van der Waals surface area (Å²) < 4.78 is 1.47. The van der Waals surface area contributed by atoms with Crippen molar-refractivity contribution in [2.75, 3.05) is 24.3 Å². The van der Waals surface area contributed by atoms with E-state index in [0.29, 0.717) is 11.5 Å². The molecule has 0 bridgehead atoms. The average molecular weight is 309 g/mol. The Hall–Kier alpha value is -3.29. The molecule has 0 radical (unpaired) electrons. The summed E-state index contributed by atoms with van der Waals surface area (Å²) in [5.41, 5.74) is 1.98. The first kappa shape index (κ1) is 14.6. The van der Waals surface area contributed by atoms with Gasteiger partial charge in [0.25, 0.3) is 5.91 Å². The van der Waals surface area contributed by atoms with Gasteiger partial charge in [0.15, 0.2) is 11.5 Å². The zero-order valence-electron chi connectivity index (χ0n) is 12.7. The largest absolute Gasteiger partial charge is 0.378 e. The van der Waals surface area contributed by atoms with E-state index in [0.717, 1.165) is 5.69 Å². The summed E-state index contributed by atoms with van der Waals surface area (Å²) in [6.07, 6.45) is 2.91. The number of carbonyl (C=O) groups is 1. The van der Waals surface area contributed by atoms with Crippen molar-refractivity contribution in [1.82, 2.24) is 25.0 Å². The zero-order chi connectivity index (χ0) is 16.2. The van der Waals surface area contributed by atoms with E-state index in [1.807, 2.05) is 43.3 Å². The Morgan fingerprint density at radius 1 is 1.09 bits per heavy atom. The van der Waals surface area contributed by atoms with Crippen LogP contribution >= 0.6 is 0 Å². The van der Waals surface area contributed by atoms with Crippen LogP contribution in [0.2, 0.25) is 0 Å². The molecule has 1 aromatic carbocycles. The number of carbonyl (C=O) groups excluding carboxylic acids is 1. The first-order chi connectivity index (χ1) is 11.1. The Morgan fingerprint density at radius 2 is 1.87 bits per heavy atom. The summed E-state index contributed by atoms with van der Waals surface area (Å²) in [5.74, 6) is 0.176. The van der Waals surface area contributed by atoms with Crippen LogP contribution in [0.4, 0.5) is 11.4 Å². The lowest BCUT2D eigenvalue weighted by Crippen LogP contribution is -2.15. The number of anilines is 2. The van der Waals surface area contributed by atoms with Gasteiger partial charge in [-0.25, -0.2) is 9.67 Å². The van der Waals surface area contributed by atoms with Gasteiger partial charge >= 0.3 is 0 Å². The molecule has 0 aliphatic rings. The predicted octanol–water partition coefficient (Wildman–Crippen LogP) is 1.38. The number of aromatic nitrogens is 5. The third-order valence-corrected chi connectivity index (χ3v) is 3.18. The van der Waals surface area contributed by atoms with Gasteiger partial charge in [0, 0.05) is 25.5 Å². The van der Waals surface area contributed by atoms with Crippen molar-refractivity contribution in [2.45, 2.75) is 0 Å². The fourth-order valence-corrected chi connectivity index (χ4v) is 1.93. The normalized spacial score (nSPS) is 10.3. The van der Waals surface area contributed by atoms with Crippen molar-refractivity contribution in [1.29, 1.82) is 0 Å². The van der Waals surface area contributed by atoms with Crippen LogP contribution in [0.15, 0.2) is 49.1 Å². The number of nitrogens with zero attached hydrogens (tertiary/aromatic N) is 6. The van der Waals surface area contributed by atoms with E-state index in [4.69, 9.17) is 0 Å². The van der Waals surface area contributed by atoms with Crippen molar-refractivity contribution in [3.05, 3.63) is 54.7 Å². The van der Waals surface area contributed by atoms with Crippen LogP contribution in [-0.4, -0.2) is 45.0 Å². The predicted molar refractivity (Wildman–Crippen MR) is 85.7 cm³/mol. The molecule has 0 fully saturated rings. The summed E-state index contributed by atoms with van der Waals surface area (Å²) in [4.78, 5) is 18.0. The molecule has 0 aliphatic heterocycles. The van der Waals surface area contributed by atoms with Crippen LogP contribution in [0, 0.1) is 0 Å². The number of rotatable bonds is 4. The van der Waals surface area contributed by atoms with Gasteiger partial charge < -0.3 is 10.2 Å². The number of nitrogens with one attached hydrogen (secondary N) is 1. The molecular formula is C15H15N7O. The third-order valence-electron chi connectivity index (χ3n) is 3.18. The van der Waals surface area contributed by atoms with Gasteiger partial charge in [0.1, 0.15) is 12.7 Å². The van der Waals surface area contributed by atoms with Crippen LogP contribution in [0.3, 0.4) is 0 Å². The lowest BCUT2D eigenvalue weighted by atomic mass is 10.2. The van der Waals surface area contributed by atoms with E-state index in [1.165, 1.54) is 17.3 Å². The molecule has 0 atom stereocenters. The molecule has 0 saturated heterocycles. The molecule has 2 heterocycles. The molecule has 8 heteroatoms. The summed E-state index contributed by atoms with van der Waals surface area (Å²) in [6.45, 7) is 0. The van der Waals surface area contributed by atoms with E-state index in [1.54, 1.807) is 12.1 Å². The second-order valence-corrected chi connectivity index (χ2v) is 5.01. The van der Waals surface area contributed by atoms with Crippen LogP contribution in [0.25, 0.3) is 5.82 Å². The minimum absolute atomic E-state index is 0.227. The third kappa shape index (κ3) is 3.31. The molecule has 1 N–H and O–H groups in total. The fourth-order valence-electron chi connectivity index (χ4n) is 1.93. The van der Waals surface area contributed by atoms with Crippen molar-refractivity contribution < 1.29 is 4.79 Å². The molecule has 0 aliphatic carbocycles. The summed E-state index contributed by atoms with van der Waals surface area (Å²) in [5, 5.41) is 14.6. The van der Waals surface area contributed by atoms with Gasteiger partial charge in [-0.2, -0.15) is 5.10 Å². The van der Waals surface area contributed by atoms with Gasteiger partial charge in [0.2, 0.25) is 0 Å². The van der Waals surface area contributed by atoms with Gasteiger partial charge in [0.05, 0.1) is 0 Å². The minimum Gasteiger partial charge on any atom is -0.378 e. The molecule has 23 heavy (non-hydrogen) atoms. The van der Waals surface area contributed by atoms with Gasteiger partial charge in [-0.15, -0.1) is 10.2 Å². The van der Waals surface area contributed by atoms with Crippen molar-refractivity contribution in [3.63, 3.8) is 0 Å². The quantitative estimate of drug-likeness (QED) is 0.783. The second-order valence-electron chi connectivity index (χ2n) is 5.01. The summed E-state index contributed by atoms with van der Waals surface area (Å²) in [7, 11) is 3.92. The van der Waals surface area contributed by atoms with E-state index in [2.05, 4.69) is 25.6 Å². The van der Waals surface area contributed by atoms with Crippen molar-refractivity contribution in [2.24, 2.45) is 0 Å². The van der Waals surface area contributed by atoms with Gasteiger partial charge in [-0.1, -0.05) is 0 Å². The number of benzene rings is 1. The standard InChI is InChI=1S/C15H15N7O/c1-21(2)12-5-3-11(4-6-12)18-15(23)13-7-8-14(20-19-13)22-10-16-9-17-22/h3-10H,1-2H3,(H,18,23). The lowest BCUT2D eigenvalue weighted by Gasteiger charge is -2.12. The molecular weight excluding hydrogens is 294 g/mol. The Kier molecular flexibility index (Phi) is 3.96. The minimum atomic E-state index is -0.319. The maximum absolute atomic E-state index is 12.2. The summed E-state index contributed by atoms with van der Waals surface area (Å²) in [6, 6.07) is 10.8. The van der Waals surface area contributed by atoms with Crippen LogP contribution < -0.4 is 10.2 Å². The SMILES string of the molecule is CN(C)c1ccc(NC(=O)c2ccc(-n3cncn3)nn2)cc1. The van der Waals surface area contributed by atoms with E-state index in [-0.39, 0.29) is 11.6 Å². The highest BCUT2D eigenvalue weighted by molar-refractivity contribution is 6.02. The summed E-state index contributed by atoms with van der Waals surface area (Å²) >= 11 is 0. The van der Waals surface area contributed by atoms with E-state index in [9.17, 15) is 4.79 Å². The molecule has 0 unspecified atom stereocenters. The Bertz CT molecular complexity index is 780. The van der Waals surface area contributed by atoms with Crippen LogP contribution in [-0.2, 0) is 0 Å². The molecule has 0 spiro atoms. The first-order valence-corrected chi connectivity index (χ1v) is 6.91. The smallest absolute Gasteiger partial charge is 0.276 e. The molecule has 2 aromatic heterocycles. The topological polar surface area (TPSA) is 88.8 Å². The highest BCUT2D eigenvalue weighted by Gasteiger charge is 2.09. The Morgan fingerprint density at radius 3 is 2.43 bits per heavy atom. The molecule has 116 valence electrons. The maximum atomic E-state index is 12.2. The average Bonchev–Trinajstić information content (AvgIpc) is 3.10. The van der Waals surface area contributed by atoms with Crippen molar-refractivity contribution in [3.8, 4) is 5.82 Å². The lowest BCUT2D eigenvalue weighted by molar-refractivity contribution is 0.102. The zero-order valence-corrected chi connectivity index (χ0v) is 12.7. The van der Waals surface area contributed by atoms with E-state index >= 15 is 0 Å². The Labute approximate surface area is 132 Å². The maximum Gasteiger partial charge on any atom is 0.276 e. The molecule has 8 nitrogen and oxygen atoms in total.